The van der Waals surface area contributed by atoms with Crippen LogP contribution in [0.5, 0.6) is 5.75 Å². The first kappa shape index (κ1) is 29.0. The van der Waals surface area contributed by atoms with E-state index in [0.29, 0.717) is 18.2 Å². The minimum absolute atomic E-state index is 0.366. The molecule has 35 heavy (non-hydrogen) atoms. The van der Waals surface area contributed by atoms with Crippen molar-refractivity contribution in [1.82, 2.24) is 9.97 Å². The molecule has 194 valence electrons. The number of carbonyl (C=O) groups excluding carboxylic acids is 1. The fourth-order valence-electron chi connectivity index (χ4n) is 4.00. The maximum absolute atomic E-state index is 12.3. The molecule has 0 saturated carbocycles. The monoisotopic (exact) mass is 482 g/mol. The summed E-state index contributed by atoms with van der Waals surface area (Å²) in [6, 6.07) is 7.33. The quantitative estimate of drug-likeness (QED) is 0.115. The van der Waals surface area contributed by atoms with Crippen LogP contribution in [0.25, 0.3) is 11.4 Å². The Morgan fingerprint density at radius 3 is 1.91 bits per heavy atom. The summed E-state index contributed by atoms with van der Waals surface area (Å²) in [5.41, 5.74) is 2.09. The lowest BCUT2D eigenvalue weighted by molar-refractivity contribution is -0.146. The third-order valence-electron chi connectivity index (χ3n) is 6.30. The molecule has 2 rings (SSSR count). The van der Waals surface area contributed by atoms with Gasteiger partial charge in [0.05, 0.1) is 0 Å². The van der Waals surface area contributed by atoms with Crippen LogP contribution in [0.1, 0.15) is 110 Å². The molecule has 1 aromatic heterocycles. The summed E-state index contributed by atoms with van der Waals surface area (Å²) in [6.07, 6.45) is 20.6. The topological polar surface area (TPSA) is 61.3 Å². The van der Waals surface area contributed by atoms with E-state index in [1.54, 1.807) is 19.1 Å². The molecule has 5 nitrogen and oxygen atoms in total. The van der Waals surface area contributed by atoms with Gasteiger partial charge in [0, 0.05) is 24.6 Å². The number of aryl methyl sites for hydroxylation is 1. The van der Waals surface area contributed by atoms with Crippen molar-refractivity contribution >= 4 is 5.97 Å². The van der Waals surface area contributed by atoms with Gasteiger partial charge in [-0.1, -0.05) is 84.5 Å². The van der Waals surface area contributed by atoms with Crippen molar-refractivity contribution in [2.75, 3.05) is 6.61 Å². The molecule has 0 radical (unpaired) electrons. The lowest BCUT2D eigenvalue weighted by atomic mass is 10.1. The second-order valence-electron chi connectivity index (χ2n) is 9.51. The minimum atomic E-state index is -0.572. The van der Waals surface area contributed by atoms with E-state index >= 15 is 0 Å². The maximum Gasteiger partial charge on any atom is 0.340 e. The Morgan fingerprint density at radius 1 is 0.771 bits per heavy atom. The number of aromatic nitrogens is 2. The number of hydrogen-bond donors (Lipinski definition) is 0. The number of unbranched alkanes of at least 4 members (excludes halogenated alkanes) is 11. The Kier molecular flexibility index (Phi) is 14.9. The van der Waals surface area contributed by atoms with E-state index in [2.05, 4.69) is 23.8 Å². The van der Waals surface area contributed by atoms with Gasteiger partial charge in [0.25, 0.3) is 0 Å². The van der Waals surface area contributed by atoms with Crippen LogP contribution in [0.2, 0.25) is 0 Å². The van der Waals surface area contributed by atoms with Crippen LogP contribution in [0.3, 0.4) is 0 Å². The number of carbonyl (C=O) groups is 1. The minimum Gasteiger partial charge on any atom is -0.425 e. The van der Waals surface area contributed by atoms with Gasteiger partial charge in [0.1, 0.15) is 5.75 Å². The van der Waals surface area contributed by atoms with Crippen molar-refractivity contribution in [3.8, 4) is 17.1 Å². The van der Waals surface area contributed by atoms with Crippen molar-refractivity contribution in [3.63, 3.8) is 0 Å². The molecule has 0 fully saturated rings. The van der Waals surface area contributed by atoms with Gasteiger partial charge in [-0.15, -0.1) is 0 Å². The van der Waals surface area contributed by atoms with Crippen molar-refractivity contribution < 1.29 is 14.3 Å². The van der Waals surface area contributed by atoms with Crippen molar-refractivity contribution in [2.24, 2.45) is 0 Å². The first-order chi connectivity index (χ1) is 17.1. The summed E-state index contributed by atoms with van der Waals surface area (Å²) in [5, 5.41) is 0. The molecule has 0 aliphatic carbocycles. The van der Waals surface area contributed by atoms with Gasteiger partial charge in [-0.25, -0.2) is 14.8 Å². The first-order valence-electron chi connectivity index (χ1n) is 13.9. The number of rotatable bonds is 19. The van der Waals surface area contributed by atoms with E-state index in [1.807, 2.05) is 24.5 Å². The van der Waals surface area contributed by atoms with Crippen molar-refractivity contribution in [3.05, 3.63) is 42.2 Å². The van der Waals surface area contributed by atoms with E-state index < -0.39 is 6.10 Å². The van der Waals surface area contributed by atoms with Crippen LogP contribution < -0.4 is 4.74 Å². The predicted molar refractivity (Wildman–Crippen MR) is 144 cm³/mol. The molecule has 1 unspecified atom stereocenters. The third-order valence-corrected chi connectivity index (χ3v) is 6.30. The highest BCUT2D eigenvalue weighted by atomic mass is 16.6. The average molecular weight is 483 g/mol. The van der Waals surface area contributed by atoms with Crippen LogP contribution in [0.4, 0.5) is 0 Å². The van der Waals surface area contributed by atoms with Gasteiger partial charge in [-0.2, -0.15) is 0 Å². The molecule has 2 aromatic rings. The largest absolute Gasteiger partial charge is 0.425 e. The second-order valence-corrected chi connectivity index (χ2v) is 9.51. The highest BCUT2D eigenvalue weighted by molar-refractivity contribution is 5.77. The summed E-state index contributed by atoms with van der Waals surface area (Å²) in [5.74, 6) is 0.820. The zero-order valence-electron chi connectivity index (χ0n) is 22.3. The van der Waals surface area contributed by atoms with Crippen LogP contribution in [0.15, 0.2) is 36.7 Å². The van der Waals surface area contributed by atoms with Gasteiger partial charge >= 0.3 is 5.97 Å². The average Bonchev–Trinajstić information content (AvgIpc) is 2.88. The molecule has 0 saturated heterocycles. The van der Waals surface area contributed by atoms with E-state index in [9.17, 15) is 4.79 Å². The Hall–Kier alpha value is -2.27. The molecule has 1 atom stereocenters. The molecular weight excluding hydrogens is 436 g/mol. The number of hydrogen-bond acceptors (Lipinski definition) is 5. The van der Waals surface area contributed by atoms with Crippen LogP contribution in [-0.2, 0) is 16.0 Å². The summed E-state index contributed by atoms with van der Waals surface area (Å²) >= 11 is 0. The lowest BCUT2D eigenvalue weighted by Crippen LogP contribution is -2.26. The van der Waals surface area contributed by atoms with E-state index in [0.717, 1.165) is 24.8 Å². The second kappa shape index (κ2) is 18.1. The fourth-order valence-corrected chi connectivity index (χ4v) is 4.00. The molecule has 0 spiro atoms. The van der Waals surface area contributed by atoms with E-state index in [4.69, 9.17) is 9.47 Å². The van der Waals surface area contributed by atoms with Gasteiger partial charge in [0.15, 0.2) is 11.9 Å². The standard InChI is InChI=1S/C30H46N2O3/c1-4-6-8-10-12-13-15-17-26-23-31-29(32-24-26)27-18-20-28(21-19-27)35-30(33)25(3)34-22-16-14-11-9-7-5-2/h18-21,23-25H,4-17,22H2,1-3H3. The Bertz CT molecular complexity index is 805. The number of benzene rings is 1. The first-order valence-corrected chi connectivity index (χ1v) is 13.9. The Balaban J connectivity index is 1.69. The Morgan fingerprint density at radius 2 is 1.31 bits per heavy atom. The fraction of sp³-hybridized carbons (Fsp3) is 0.633. The van der Waals surface area contributed by atoms with E-state index in [-0.39, 0.29) is 5.97 Å². The molecule has 0 bridgehead atoms. The molecular formula is C30H46N2O3. The summed E-state index contributed by atoms with van der Waals surface area (Å²) < 4.78 is 11.1. The molecule has 1 heterocycles. The third kappa shape index (κ3) is 12.3. The van der Waals surface area contributed by atoms with Crippen LogP contribution in [0, 0.1) is 0 Å². The SMILES string of the molecule is CCCCCCCCCc1cnc(-c2ccc(OC(=O)C(C)OCCCCCCCC)cc2)nc1. The number of nitrogens with zero attached hydrogens (tertiary/aromatic N) is 2. The lowest BCUT2D eigenvalue weighted by Gasteiger charge is -2.12. The summed E-state index contributed by atoms with van der Waals surface area (Å²) in [4.78, 5) is 21.4. The Labute approximate surface area is 213 Å². The molecule has 5 heteroatoms. The molecule has 0 aliphatic heterocycles. The van der Waals surface area contributed by atoms with Gasteiger partial charge in [-0.3, -0.25) is 0 Å². The smallest absolute Gasteiger partial charge is 0.340 e. The van der Waals surface area contributed by atoms with Crippen molar-refractivity contribution in [1.29, 1.82) is 0 Å². The zero-order chi connectivity index (χ0) is 25.1. The molecule has 0 N–H and O–H groups in total. The highest BCUT2D eigenvalue weighted by Gasteiger charge is 2.16. The predicted octanol–water partition coefficient (Wildman–Crippen LogP) is 8.11. The summed E-state index contributed by atoms with van der Waals surface area (Å²) in [7, 11) is 0. The number of esters is 1. The maximum atomic E-state index is 12.3. The summed E-state index contributed by atoms with van der Waals surface area (Å²) in [6.45, 7) is 6.80. The van der Waals surface area contributed by atoms with E-state index in [1.165, 1.54) is 76.2 Å². The molecule has 0 aliphatic rings. The zero-order valence-corrected chi connectivity index (χ0v) is 22.3. The van der Waals surface area contributed by atoms with Gasteiger partial charge < -0.3 is 9.47 Å². The highest BCUT2D eigenvalue weighted by Crippen LogP contribution is 2.20. The number of ether oxygens (including phenoxy) is 2. The van der Waals surface area contributed by atoms with Gasteiger partial charge in [0.2, 0.25) is 0 Å². The van der Waals surface area contributed by atoms with Crippen LogP contribution >= 0.6 is 0 Å². The van der Waals surface area contributed by atoms with Gasteiger partial charge in [-0.05, 0) is 56.0 Å². The molecule has 0 amide bonds. The molecule has 1 aromatic carbocycles. The normalized spacial score (nSPS) is 12.0. The van der Waals surface area contributed by atoms with Crippen LogP contribution in [-0.4, -0.2) is 28.6 Å². The van der Waals surface area contributed by atoms with Crippen molar-refractivity contribution in [2.45, 2.75) is 117 Å².